The minimum Gasteiger partial charge on any atom is -0.366 e. The summed E-state index contributed by atoms with van der Waals surface area (Å²) >= 11 is 0.884. The molecule has 0 unspecified atom stereocenters. The van der Waals surface area contributed by atoms with Crippen molar-refractivity contribution >= 4 is 34.9 Å². The molecule has 0 saturated carbocycles. The van der Waals surface area contributed by atoms with E-state index in [4.69, 9.17) is 5.73 Å². The zero-order chi connectivity index (χ0) is 16.4. The van der Waals surface area contributed by atoms with E-state index < -0.39 is 5.91 Å². The van der Waals surface area contributed by atoms with E-state index in [0.717, 1.165) is 28.5 Å². The van der Waals surface area contributed by atoms with Gasteiger partial charge in [-0.25, -0.2) is 0 Å². The third-order valence-corrected chi connectivity index (χ3v) is 4.14. The van der Waals surface area contributed by atoms with Crippen LogP contribution in [0.2, 0.25) is 0 Å². The van der Waals surface area contributed by atoms with Crippen LogP contribution in [-0.4, -0.2) is 17.1 Å². The molecule has 0 aliphatic carbocycles. The molecule has 0 bridgehead atoms. The van der Waals surface area contributed by atoms with Crippen molar-refractivity contribution in [3.8, 4) is 11.1 Å². The van der Waals surface area contributed by atoms with Crippen LogP contribution in [0.4, 0.5) is 4.79 Å². The van der Waals surface area contributed by atoms with Gasteiger partial charge in [0, 0.05) is 5.56 Å². The Bertz CT molecular complexity index is 841. The summed E-state index contributed by atoms with van der Waals surface area (Å²) in [7, 11) is 0. The van der Waals surface area contributed by atoms with Crippen molar-refractivity contribution < 1.29 is 14.4 Å². The first-order chi connectivity index (χ1) is 11.0. The number of hydrogen-bond donors (Lipinski definition) is 2. The third kappa shape index (κ3) is 3.32. The minimum atomic E-state index is -0.470. The van der Waals surface area contributed by atoms with Gasteiger partial charge in [-0.2, -0.15) is 0 Å². The number of rotatable bonds is 3. The molecule has 0 aromatic heterocycles. The molecule has 1 saturated heterocycles. The van der Waals surface area contributed by atoms with Gasteiger partial charge in [-0.1, -0.05) is 36.4 Å². The molecule has 114 valence electrons. The quantitative estimate of drug-likeness (QED) is 0.850. The summed E-state index contributed by atoms with van der Waals surface area (Å²) in [6, 6.07) is 14.5. The zero-order valence-electron chi connectivity index (χ0n) is 11.9. The van der Waals surface area contributed by atoms with Crippen LogP contribution < -0.4 is 11.1 Å². The zero-order valence-corrected chi connectivity index (χ0v) is 12.7. The maximum atomic E-state index is 11.5. The molecule has 0 spiro atoms. The first kappa shape index (κ1) is 15.1. The van der Waals surface area contributed by atoms with Gasteiger partial charge in [0.2, 0.25) is 5.91 Å². The van der Waals surface area contributed by atoms with Gasteiger partial charge >= 0.3 is 0 Å². The number of primary amides is 1. The lowest BCUT2D eigenvalue weighted by atomic mass is 10.0. The highest BCUT2D eigenvalue weighted by Crippen LogP contribution is 2.27. The van der Waals surface area contributed by atoms with Crippen LogP contribution in [0, 0.1) is 0 Å². The molecule has 1 aliphatic rings. The fourth-order valence-corrected chi connectivity index (χ4v) is 2.88. The maximum absolute atomic E-state index is 11.5. The molecule has 0 atom stereocenters. The van der Waals surface area contributed by atoms with Crippen molar-refractivity contribution in [3.63, 3.8) is 0 Å². The van der Waals surface area contributed by atoms with Crippen LogP contribution in [-0.2, 0) is 4.79 Å². The van der Waals surface area contributed by atoms with Gasteiger partial charge in [0.1, 0.15) is 0 Å². The minimum absolute atomic E-state index is 0.360. The lowest BCUT2D eigenvalue weighted by Gasteiger charge is -2.04. The number of carbonyl (C=O) groups excluding carboxylic acids is 3. The van der Waals surface area contributed by atoms with Gasteiger partial charge < -0.3 is 5.73 Å². The van der Waals surface area contributed by atoms with Gasteiger partial charge in [-0.15, -0.1) is 0 Å². The first-order valence-corrected chi connectivity index (χ1v) is 7.60. The largest absolute Gasteiger partial charge is 0.366 e. The van der Waals surface area contributed by atoms with Gasteiger partial charge in [0.05, 0.1) is 4.91 Å². The second-order valence-corrected chi connectivity index (χ2v) is 5.93. The Balaban J connectivity index is 1.87. The molecule has 3 N–H and O–H groups in total. The smallest absolute Gasteiger partial charge is 0.290 e. The monoisotopic (exact) mass is 324 g/mol. The van der Waals surface area contributed by atoms with Gasteiger partial charge in [0.15, 0.2) is 0 Å². The molecule has 3 amide bonds. The molecule has 0 radical (unpaired) electrons. The summed E-state index contributed by atoms with van der Waals surface area (Å²) in [5.41, 5.74) is 8.35. The first-order valence-electron chi connectivity index (χ1n) is 6.78. The van der Waals surface area contributed by atoms with Crippen molar-refractivity contribution in [1.82, 2.24) is 5.32 Å². The van der Waals surface area contributed by atoms with Crippen molar-refractivity contribution in [2.24, 2.45) is 5.73 Å². The van der Waals surface area contributed by atoms with Crippen molar-refractivity contribution in [3.05, 3.63) is 64.6 Å². The van der Waals surface area contributed by atoms with E-state index >= 15 is 0 Å². The van der Waals surface area contributed by atoms with E-state index in [1.807, 2.05) is 30.3 Å². The summed E-state index contributed by atoms with van der Waals surface area (Å²) in [5, 5.41) is 1.85. The Morgan fingerprint density at radius 1 is 1.04 bits per heavy atom. The number of thioether (sulfide) groups is 1. The molecule has 6 heteroatoms. The molecule has 2 aromatic rings. The molecule has 1 heterocycles. The van der Waals surface area contributed by atoms with Crippen LogP contribution >= 0.6 is 11.8 Å². The van der Waals surface area contributed by atoms with E-state index in [2.05, 4.69) is 5.32 Å². The van der Waals surface area contributed by atoms with Gasteiger partial charge in [-0.3, -0.25) is 19.7 Å². The molecule has 2 aromatic carbocycles. The SMILES string of the molecule is NC(=O)c1cccc(-c2ccc(C=C3SC(=O)NC3=O)cc2)c1. The summed E-state index contributed by atoms with van der Waals surface area (Å²) in [6.45, 7) is 0. The lowest BCUT2D eigenvalue weighted by molar-refractivity contribution is -0.115. The highest BCUT2D eigenvalue weighted by atomic mass is 32.2. The molecule has 23 heavy (non-hydrogen) atoms. The number of carbonyl (C=O) groups is 3. The summed E-state index contributed by atoms with van der Waals surface area (Å²) < 4.78 is 0. The fourth-order valence-electron chi connectivity index (χ4n) is 2.20. The Morgan fingerprint density at radius 3 is 2.39 bits per heavy atom. The van der Waals surface area contributed by atoms with Crippen molar-refractivity contribution in [2.45, 2.75) is 0 Å². The predicted molar refractivity (Wildman–Crippen MR) is 89.5 cm³/mol. The average Bonchev–Trinajstić information content (AvgIpc) is 2.86. The second kappa shape index (κ2) is 6.10. The standard InChI is InChI=1S/C17H12N2O3S/c18-15(20)13-3-1-2-12(9-13)11-6-4-10(5-7-11)8-14-16(21)19-17(22)23-14/h1-9H,(H2,18,20)(H,19,21,22). The summed E-state index contributed by atoms with van der Waals surface area (Å²) in [5.74, 6) is -0.847. The number of imide groups is 1. The van der Waals surface area contributed by atoms with Crippen molar-refractivity contribution in [1.29, 1.82) is 0 Å². The number of benzene rings is 2. The normalized spacial score (nSPS) is 15.7. The Morgan fingerprint density at radius 2 is 1.78 bits per heavy atom. The van der Waals surface area contributed by atoms with E-state index in [1.54, 1.807) is 24.3 Å². The van der Waals surface area contributed by atoms with Crippen LogP contribution in [0.15, 0.2) is 53.4 Å². The predicted octanol–water partition coefficient (Wildman–Crippen LogP) is 2.78. The highest BCUT2D eigenvalue weighted by molar-refractivity contribution is 8.18. The molecule has 1 fully saturated rings. The molecule has 1 aliphatic heterocycles. The third-order valence-electron chi connectivity index (χ3n) is 3.33. The fraction of sp³-hybridized carbons (Fsp3) is 0. The van der Waals surface area contributed by atoms with E-state index in [9.17, 15) is 14.4 Å². The number of nitrogens with one attached hydrogen (secondary N) is 1. The van der Waals surface area contributed by atoms with E-state index in [1.165, 1.54) is 0 Å². The maximum Gasteiger partial charge on any atom is 0.290 e. The highest BCUT2D eigenvalue weighted by Gasteiger charge is 2.24. The summed E-state index contributed by atoms with van der Waals surface area (Å²) in [4.78, 5) is 34.3. The van der Waals surface area contributed by atoms with Crippen LogP contribution in [0.5, 0.6) is 0 Å². The molecule has 3 rings (SSSR count). The van der Waals surface area contributed by atoms with E-state index in [0.29, 0.717) is 10.5 Å². The lowest BCUT2D eigenvalue weighted by Crippen LogP contribution is -2.17. The number of nitrogens with two attached hydrogens (primary N) is 1. The topological polar surface area (TPSA) is 89.3 Å². The van der Waals surface area contributed by atoms with E-state index in [-0.39, 0.29) is 11.1 Å². The van der Waals surface area contributed by atoms with Gasteiger partial charge in [-0.05, 0) is 46.7 Å². The second-order valence-electron chi connectivity index (χ2n) is 4.92. The Labute approximate surface area is 136 Å². The average molecular weight is 324 g/mol. The number of hydrogen-bond acceptors (Lipinski definition) is 4. The van der Waals surface area contributed by atoms with Gasteiger partial charge in [0.25, 0.3) is 11.1 Å². The summed E-state index contributed by atoms with van der Waals surface area (Å²) in [6.07, 6.45) is 1.66. The van der Waals surface area contributed by atoms with Crippen LogP contribution in [0.1, 0.15) is 15.9 Å². The van der Waals surface area contributed by atoms with Crippen molar-refractivity contribution in [2.75, 3.05) is 0 Å². The van der Waals surface area contributed by atoms with Crippen LogP contribution in [0.3, 0.4) is 0 Å². The Hall–Kier alpha value is -2.86. The van der Waals surface area contributed by atoms with Crippen LogP contribution in [0.25, 0.3) is 17.2 Å². The molecular formula is C17H12N2O3S. The molecule has 5 nitrogen and oxygen atoms in total. The molecular weight excluding hydrogens is 312 g/mol. The number of amides is 3. The Kier molecular flexibility index (Phi) is 3.99.